The van der Waals surface area contributed by atoms with Gasteiger partial charge in [0.25, 0.3) is 0 Å². The molecule has 0 aliphatic heterocycles. The van der Waals surface area contributed by atoms with Gasteiger partial charge >= 0.3 is 0 Å². The molecule has 0 aliphatic rings. The first-order valence-electron chi connectivity index (χ1n) is 4.10. The summed E-state index contributed by atoms with van der Waals surface area (Å²) < 4.78 is 12.5. The van der Waals surface area contributed by atoms with Crippen LogP contribution in [-0.4, -0.2) is 29.8 Å². The number of hydrogen-bond donors (Lipinski definition) is 1. The molecule has 0 aliphatic carbocycles. The first-order valence-corrected chi connectivity index (χ1v) is 4.10. The molecule has 1 atom stereocenters. The quantitative estimate of drug-likeness (QED) is 0.762. The van der Waals surface area contributed by atoms with Gasteiger partial charge in [-0.2, -0.15) is 0 Å². The van der Waals surface area contributed by atoms with Crippen molar-refractivity contribution in [2.75, 3.05) is 18.5 Å². The topological polar surface area (TPSA) is 36.4 Å². The number of aliphatic hydroxyl groups is 1. The van der Waals surface area contributed by atoms with Crippen LogP contribution in [0.1, 0.15) is 6.92 Å². The number of hydrogen-bond acceptors (Lipinski definition) is 3. The second kappa shape index (κ2) is 4.18. The van der Waals surface area contributed by atoms with Crippen molar-refractivity contribution in [1.82, 2.24) is 4.98 Å². The molecule has 0 saturated heterocycles. The Kier molecular flexibility index (Phi) is 3.19. The van der Waals surface area contributed by atoms with E-state index in [1.54, 1.807) is 24.9 Å². The molecule has 4 heteroatoms. The number of rotatable bonds is 3. The molecule has 0 spiro atoms. The lowest BCUT2D eigenvalue weighted by Crippen LogP contribution is -2.27. The summed E-state index contributed by atoms with van der Waals surface area (Å²) in [4.78, 5) is 5.64. The van der Waals surface area contributed by atoms with E-state index < -0.39 is 6.10 Å². The van der Waals surface area contributed by atoms with Crippen LogP contribution in [0, 0.1) is 5.82 Å². The lowest BCUT2D eigenvalue weighted by molar-refractivity contribution is 0.201. The summed E-state index contributed by atoms with van der Waals surface area (Å²) in [5, 5.41) is 9.10. The van der Waals surface area contributed by atoms with E-state index in [4.69, 9.17) is 5.11 Å². The van der Waals surface area contributed by atoms with Gasteiger partial charge in [-0.1, -0.05) is 0 Å². The van der Waals surface area contributed by atoms with E-state index in [9.17, 15) is 4.39 Å². The molecule has 0 saturated carbocycles. The zero-order valence-electron chi connectivity index (χ0n) is 7.74. The van der Waals surface area contributed by atoms with Crippen molar-refractivity contribution < 1.29 is 9.50 Å². The Morgan fingerprint density at radius 3 is 2.77 bits per heavy atom. The van der Waals surface area contributed by atoms with Gasteiger partial charge in [0.05, 0.1) is 12.3 Å². The van der Waals surface area contributed by atoms with Crippen LogP contribution < -0.4 is 4.90 Å². The van der Waals surface area contributed by atoms with Crippen molar-refractivity contribution in [2.45, 2.75) is 13.0 Å². The molecule has 0 aromatic carbocycles. The highest BCUT2D eigenvalue weighted by molar-refractivity contribution is 5.36. The molecule has 0 radical (unpaired) electrons. The van der Waals surface area contributed by atoms with Crippen LogP contribution in [0.15, 0.2) is 18.3 Å². The maximum absolute atomic E-state index is 12.5. The zero-order chi connectivity index (χ0) is 9.84. The van der Waals surface area contributed by atoms with Crippen LogP contribution in [0.25, 0.3) is 0 Å². The minimum absolute atomic E-state index is 0.353. The van der Waals surface area contributed by atoms with Crippen molar-refractivity contribution in [2.24, 2.45) is 0 Å². The molecule has 1 heterocycles. The molecule has 0 bridgehead atoms. The maximum atomic E-state index is 12.5. The summed E-state index contributed by atoms with van der Waals surface area (Å²) in [5.41, 5.74) is 0. The Labute approximate surface area is 76.8 Å². The fourth-order valence-corrected chi connectivity index (χ4v) is 1.08. The van der Waals surface area contributed by atoms with Crippen LogP contribution in [0.4, 0.5) is 10.2 Å². The highest BCUT2D eigenvalue weighted by Crippen LogP contribution is 2.08. The Balaban J connectivity index is 2.66. The summed E-state index contributed by atoms with van der Waals surface area (Å²) in [6.45, 7) is 2.18. The summed E-state index contributed by atoms with van der Waals surface area (Å²) >= 11 is 0. The van der Waals surface area contributed by atoms with Gasteiger partial charge in [-0.05, 0) is 19.1 Å². The highest BCUT2D eigenvalue weighted by atomic mass is 19.1. The summed E-state index contributed by atoms with van der Waals surface area (Å²) in [5.74, 6) is 0.302. The molecule has 3 nitrogen and oxygen atoms in total. The molecule has 0 amide bonds. The van der Waals surface area contributed by atoms with Gasteiger partial charge in [-0.25, -0.2) is 9.37 Å². The van der Waals surface area contributed by atoms with Gasteiger partial charge in [-0.15, -0.1) is 0 Å². The standard InChI is InChI=1S/C9H13FN2O/c1-7(13)6-12(2)9-4-3-8(10)5-11-9/h3-5,7,13H,6H2,1-2H3/t7-/m0/s1. The van der Waals surface area contributed by atoms with E-state index in [2.05, 4.69) is 4.98 Å². The van der Waals surface area contributed by atoms with E-state index in [0.717, 1.165) is 6.20 Å². The number of aliphatic hydroxyl groups excluding tert-OH is 1. The molecular formula is C9H13FN2O. The van der Waals surface area contributed by atoms with Gasteiger partial charge in [-0.3, -0.25) is 0 Å². The van der Waals surface area contributed by atoms with Crippen molar-refractivity contribution >= 4 is 5.82 Å². The summed E-state index contributed by atoms with van der Waals surface area (Å²) in [7, 11) is 1.80. The normalized spacial score (nSPS) is 12.6. The molecule has 72 valence electrons. The van der Waals surface area contributed by atoms with E-state index in [1.807, 2.05) is 0 Å². The third-order valence-corrected chi connectivity index (χ3v) is 1.64. The lowest BCUT2D eigenvalue weighted by atomic mass is 10.3. The Hall–Kier alpha value is -1.16. The average Bonchev–Trinajstić information content (AvgIpc) is 2.04. The third kappa shape index (κ3) is 2.99. The molecule has 1 N–H and O–H groups in total. The molecule has 1 aromatic heterocycles. The average molecular weight is 184 g/mol. The van der Waals surface area contributed by atoms with E-state index in [-0.39, 0.29) is 5.82 Å². The third-order valence-electron chi connectivity index (χ3n) is 1.64. The first-order chi connectivity index (χ1) is 6.09. The van der Waals surface area contributed by atoms with Gasteiger partial charge in [0.1, 0.15) is 11.6 Å². The number of anilines is 1. The van der Waals surface area contributed by atoms with Crippen LogP contribution >= 0.6 is 0 Å². The van der Waals surface area contributed by atoms with Crippen molar-refractivity contribution in [1.29, 1.82) is 0 Å². The predicted octanol–water partition coefficient (Wildman–Crippen LogP) is 1.04. The van der Waals surface area contributed by atoms with Crippen LogP contribution in [-0.2, 0) is 0 Å². The van der Waals surface area contributed by atoms with E-state index in [0.29, 0.717) is 12.4 Å². The van der Waals surface area contributed by atoms with E-state index in [1.165, 1.54) is 6.07 Å². The van der Waals surface area contributed by atoms with Crippen LogP contribution in [0.5, 0.6) is 0 Å². The SMILES string of the molecule is C[C@H](O)CN(C)c1ccc(F)cn1. The minimum atomic E-state index is -0.420. The zero-order valence-corrected chi connectivity index (χ0v) is 7.74. The van der Waals surface area contributed by atoms with Crippen molar-refractivity contribution in [3.8, 4) is 0 Å². The summed E-state index contributed by atoms with van der Waals surface area (Å²) in [6.07, 6.45) is 0.741. The van der Waals surface area contributed by atoms with Gasteiger partial charge in [0.15, 0.2) is 0 Å². The molecule has 1 aromatic rings. The first kappa shape index (κ1) is 9.92. The minimum Gasteiger partial charge on any atom is -0.392 e. The van der Waals surface area contributed by atoms with Gasteiger partial charge in [0.2, 0.25) is 0 Å². The van der Waals surface area contributed by atoms with Crippen LogP contribution in [0.2, 0.25) is 0 Å². The fourth-order valence-electron chi connectivity index (χ4n) is 1.08. The molecule has 13 heavy (non-hydrogen) atoms. The van der Waals surface area contributed by atoms with Gasteiger partial charge in [0, 0.05) is 13.6 Å². The predicted molar refractivity (Wildman–Crippen MR) is 49.1 cm³/mol. The second-order valence-electron chi connectivity index (χ2n) is 3.06. The van der Waals surface area contributed by atoms with E-state index >= 15 is 0 Å². The van der Waals surface area contributed by atoms with Crippen LogP contribution in [0.3, 0.4) is 0 Å². The molecular weight excluding hydrogens is 171 g/mol. The second-order valence-corrected chi connectivity index (χ2v) is 3.06. The van der Waals surface area contributed by atoms with Crippen molar-refractivity contribution in [3.05, 3.63) is 24.1 Å². The van der Waals surface area contributed by atoms with Gasteiger partial charge < -0.3 is 10.0 Å². The number of halogens is 1. The monoisotopic (exact) mass is 184 g/mol. The Bertz CT molecular complexity index is 261. The molecule has 1 rings (SSSR count). The Morgan fingerprint density at radius 1 is 1.62 bits per heavy atom. The fraction of sp³-hybridized carbons (Fsp3) is 0.444. The maximum Gasteiger partial charge on any atom is 0.141 e. The summed E-state index contributed by atoms with van der Waals surface area (Å²) in [6, 6.07) is 2.93. The Morgan fingerprint density at radius 2 is 2.31 bits per heavy atom. The number of pyridine rings is 1. The largest absolute Gasteiger partial charge is 0.392 e. The van der Waals surface area contributed by atoms with Crippen molar-refractivity contribution in [3.63, 3.8) is 0 Å². The highest BCUT2D eigenvalue weighted by Gasteiger charge is 2.04. The molecule has 0 fully saturated rings. The number of likely N-dealkylation sites (N-methyl/N-ethyl adjacent to an activating group) is 1. The number of nitrogens with zero attached hydrogens (tertiary/aromatic N) is 2. The lowest BCUT2D eigenvalue weighted by Gasteiger charge is -2.19. The number of aromatic nitrogens is 1. The molecule has 0 unspecified atom stereocenters. The smallest absolute Gasteiger partial charge is 0.141 e.